The van der Waals surface area contributed by atoms with E-state index < -0.39 is 5.91 Å². The highest BCUT2D eigenvalue weighted by Gasteiger charge is 2.32. The summed E-state index contributed by atoms with van der Waals surface area (Å²) in [5.74, 6) is 0.0855. The smallest absolute Gasteiger partial charge is 0.250 e. The zero-order valence-electron chi connectivity index (χ0n) is 11.8. The van der Waals surface area contributed by atoms with Gasteiger partial charge < -0.3 is 21.3 Å². The van der Waals surface area contributed by atoms with Crippen molar-refractivity contribution in [2.24, 2.45) is 11.7 Å². The number of nitrogens with two attached hydrogens (primary N) is 2. The van der Waals surface area contributed by atoms with Crippen molar-refractivity contribution in [2.45, 2.75) is 13.0 Å². The number of para-hydroxylation sites is 1. The minimum atomic E-state index is -0.476. The normalized spacial score (nSPS) is 23.1. The molecule has 0 radical (unpaired) electrons. The van der Waals surface area contributed by atoms with Gasteiger partial charge in [-0.1, -0.05) is 13.0 Å². The Labute approximate surface area is 114 Å². The van der Waals surface area contributed by atoms with E-state index in [4.69, 9.17) is 11.5 Å². The fraction of sp³-hybridized carbons (Fsp3) is 0.500. The third kappa shape index (κ3) is 2.51. The monoisotopic (exact) mass is 262 g/mol. The molecule has 2 rings (SSSR count). The van der Waals surface area contributed by atoms with E-state index in [-0.39, 0.29) is 0 Å². The number of nitrogens with zero attached hydrogens (tertiary/aromatic N) is 2. The first-order chi connectivity index (χ1) is 8.91. The van der Waals surface area contributed by atoms with Gasteiger partial charge in [-0.2, -0.15) is 0 Å². The number of nitrogen functional groups attached to an aromatic ring is 1. The van der Waals surface area contributed by atoms with Gasteiger partial charge >= 0.3 is 0 Å². The first-order valence-corrected chi connectivity index (χ1v) is 6.51. The highest BCUT2D eigenvalue weighted by Crippen LogP contribution is 2.32. The number of hydrogen-bond acceptors (Lipinski definition) is 4. The molecule has 1 saturated heterocycles. The molecule has 5 nitrogen and oxygen atoms in total. The first-order valence-electron chi connectivity index (χ1n) is 6.51. The van der Waals surface area contributed by atoms with Gasteiger partial charge in [0.2, 0.25) is 0 Å². The zero-order valence-corrected chi connectivity index (χ0v) is 11.8. The number of benzene rings is 1. The zero-order chi connectivity index (χ0) is 14.2. The van der Waals surface area contributed by atoms with Gasteiger partial charge in [-0.3, -0.25) is 4.79 Å². The first kappa shape index (κ1) is 13.7. The molecule has 1 aliphatic heterocycles. The van der Waals surface area contributed by atoms with Crippen molar-refractivity contribution in [3.63, 3.8) is 0 Å². The van der Waals surface area contributed by atoms with Gasteiger partial charge in [0, 0.05) is 19.1 Å². The van der Waals surface area contributed by atoms with E-state index in [2.05, 4.69) is 30.8 Å². The number of amides is 1. The molecule has 2 unspecified atom stereocenters. The lowest BCUT2D eigenvalue weighted by atomic mass is 10.1. The van der Waals surface area contributed by atoms with E-state index in [1.165, 1.54) is 0 Å². The summed E-state index contributed by atoms with van der Waals surface area (Å²) in [6.07, 6.45) is 0. The third-order valence-electron chi connectivity index (χ3n) is 3.93. The van der Waals surface area contributed by atoms with Crippen LogP contribution in [0.25, 0.3) is 0 Å². The molecule has 0 saturated carbocycles. The quantitative estimate of drug-likeness (QED) is 0.788. The standard InChI is InChI=1S/C14H22N4O/c1-9-7-18(8-12(9)17(2)3)11-6-4-5-10(13(11)15)14(16)19/h4-6,9,12H,7-8,15H2,1-3H3,(H2,16,19). The number of hydrogen-bond donors (Lipinski definition) is 2. The Morgan fingerprint density at radius 3 is 2.58 bits per heavy atom. The summed E-state index contributed by atoms with van der Waals surface area (Å²) in [5.41, 5.74) is 13.2. The van der Waals surface area contributed by atoms with Gasteiger partial charge in [-0.15, -0.1) is 0 Å². The van der Waals surface area contributed by atoms with Crippen LogP contribution in [0.5, 0.6) is 0 Å². The van der Waals surface area contributed by atoms with E-state index in [1.54, 1.807) is 6.07 Å². The van der Waals surface area contributed by atoms with E-state index in [9.17, 15) is 4.79 Å². The molecule has 104 valence electrons. The minimum absolute atomic E-state index is 0.401. The van der Waals surface area contributed by atoms with Crippen LogP contribution in [0.4, 0.5) is 11.4 Å². The van der Waals surface area contributed by atoms with Crippen molar-refractivity contribution < 1.29 is 4.79 Å². The molecule has 0 aromatic heterocycles. The summed E-state index contributed by atoms with van der Waals surface area (Å²) in [4.78, 5) is 15.8. The molecule has 2 atom stereocenters. The van der Waals surface area contributed by atoms with Crippen LogP contribution in [0.1, 0.15) is 17.3 Å². The number of anilines is 2. The Morgan fingerprint density at radius 2 is 2.05 bits per heavy atom. The lowest BCUT2D eigenvalue weighted by Crippen LogP contribution is -2.34. The maximum Gasteiger partial charge on any atom is 0.250 e. The summed E-state index contributed by atoms with van der Waals surface area (Å²) in [7, 11) is 4.18. The second-order valence-electron chi connectivity index (χ2n) is 5.52. The number of carbonyl (C=O) groups is 1. The van der Waals surface area contributed by atoms with E-state index in [0.29, 0.717) is 23.2 Å². The molecular weight excluding hydrogens is 240 g/mol. The molecular formula is C14H22N4O. The Bertz CT molecular complexity index is 486. The molecule has 1 aliphatic rings. The van der Waals surface area contributed by atoms with E-state index in [1.807, 2.05) is 12.1 Å². The molecule has 0 spiro atoms. The number of primary amides is 1. The summed E-state index contributed by atoms with van der Waals surface area (Å²) in [6, 6.07) is 5.95. The number of rotatable bonds is 3. The van der Waals surface area contributed by atoms with Crippen LogP contribution in [0.2, 0.25) is 0 Å². The molecule has 1 aromatic carbocycles. The maximum atomic E-state index is 11.3. The lowest BCUT2D eigenvalue weighted by Gasteiger charge is -2.24. The Balaban J connectivity index is 2.29. The largest absolute Gasteiger partial charge is 0.396 e. The topological polar surface area (TPSA) is 75.6 Å². The number of carbonyl (C=O) groups excluding carboxylic acids is 1. The van der Waals surface area contributed by atoms with Gasteiger partial charge in [0.1, 0.15) is 0 Å². The summed E-state index contributed by atoms with van der Waals surface area (Å²) in [5, 5.41) is 0. The third-order valence-corrected chi connectivity index (χ3v) is 3.93. The van der Waals surface area contributed by atoms with Crippen LogP contribution in [-0.2, 0) is 0 Å². The predicted molar refractivity (Wildman–Crippen MR) is 78.2 cm³/mol. The maximum absolute atomic E-state index is 11.3. The summed E-state index contributed by atoms with van der Waals surface area (Å²) < 4.78 is 0. The molecule has 1 heterocycles. The van der Waals surface area contributed by atoms with Gasteiger partial charge in [0.25, 0.3) is 5.91 Å². The van der Waals surface area contributed by atoms with Crippen LogP contribution in [0.3, 0.4) is 0 Å². The second kappa shape index (κ2) is 5.09. The van der Waals surface area contributed by atoms with Gasteiger partial charge in [0.15, 0.2) is 0 Å². The van der Waals surface area contributed by atoms with Crippen LogP contribution >= 0.6 is 0 Å². The van der Waals surface area contributed by atoms with Gasteiger partial charge in [-0.05, 0) is 32.1 Å². The predicted octanol–water partition coefficient (Wildman–Crippen LogP) is 0.754. The molecule has 1 amide bonds. The lowest BCUT2D eigenvalue weighted by molar-refractivity contribution is 0.100. The van der Waals surface area contributed by atoms with Crippen molar-refractivity contribution in [2.75, 3.05) is 37.8 Å². The number of likely N-dealkylation sites (N-methyl/N-ethyl adjacent to an activating group) is 1. The van der Waals surface area contributed by atoms with E-state index >= 15 is 0 Å². The van der Waals surface area contributed by atoms with Crippen LogP contribution in [-0.4, -0.2) is 44.0 Å². The Kier molecular flexibility index (Phi) is 3.66. The van der Waals surface area contributed by atoms with Crippen LogP contribution in [0, 0.1) is 5.92 Å². The van der Waals surface area contributed by atoms with Gasteiger partial charge in [0.05, 0.1) is 16.9 Å². The average molecular weight is 262 g/mol. The highest BCUT2D eigenvalue weighted by molar-refractivity contribution is 6.00. The Hall–Kier alpha value is -1.75. The van der Waals surface area contributed by atoms with Crippen molar-refractivity contribution in [1.82, 2.24) is 4.90 Å². The summed E-state index contributed by atoms with van der Waals surface area (Å²) >= 11 is 0. The Morgan fingerprint density at radius 1 is 1.37 bits per heavy atom. The molecule has 4 N–H and O–H groups in total. The van der Waals surface area contributed by atoms with Gasteiger partial charge in [-0.25, -0.2) is 0 Å². The molecule has 0 aliphatic carbocycles. The van der Waals surface area contributed by atoms with Crippen LogP contribution in [0.15, 0.2) is 18.2 Å². The van der Waals surface area contributed by atoms with Crippen molar-refractivity contribution in [1.29, 1.82) is 0 Å². The molecule has 0 bridgehead atoms. The summed E-state index contributed by atoms with van der Waals surface area (Å²) in [6.45, 7) is 4.09. The SMILES string of the molecule is CC1CN(c2cccc(C(N)=O)c2N)CC1N(C)C. The van der Waals surface area contributed by atoms with Crippen LogP contribution < -0.4 is 16.4 Å². The second-order valence-corrected chi connectivity index (χ2v) is 5.52. The van der Waals surface area contributed by atoms with Crippen molar-refractivity contribution >= 4 is 17.3 Å². The highest BCUT2D eigenvalue weighted by atomic mass is 16.1. The minimum Gasteiger partial charge on any atom is -0.396 e. The molecule has 1 fully saturated rings. The fourth-order valence-corrected chi connectivity index (χ4v) is 2.86. The van der Waals surface area contributed by atoms with Crippen molar-refractivity contribution in [3.05, 3.63) is 23.8 Å². The fourth-order valence-electron chi connectivity index (χ4n) is 2.86. The average Bonchev–Trinajstić information content (AvgIpc) is 2.71. The van der Waals surface area contributed by atoms with Crippen molar-refractivity contribution in [3.8, 4) is 0 Å². The molecule has 19 heavy (non-hydrogen) atoms. The molecule has 5 heteroatoms. The molecule has 1 aromatic rings. The van der Waals surface area contributed by atoms with E-state index in [0.717, 1.165) is 18.8 Å².